The molecular formula is C14H14N4O2. The highest BCUT2D eigenvalue weighted by atomic mass is 16.4. The van der Waals surface area contributed by atoms with E-state index in [9.17, 15) is 4.79 Å². The van der Waals surface area contributed by atoms with Crippen molar-refractivity contribution in [2.45, 2.75) is 13.0 Å². The number of benzene rings is 1. The monoisotopic (exact) mass is 270 g/mol. The molecule has 0 radical (unpaired) electrons. The van der Waals surface area contributed by atoms with Gasteiger partial charge in [0.2, 0.25) is 0 Å². The molecule has 0 aliphatic heterocycles. The Bertz CT molecular complexity index is 772. The Morgan fingerprint density at radius 1 is 1.35 bits per heavy atom. The molecule has 1 aromatic carbocycles. The summed E-state index contributed by atoms with van der Waals surface area (Å²) in [6, 6.07) is 4.99. The van der Waals surface area contributed by atoms with E-state index in [1.165, 1.54) is 0 Å². The molecular weight excluding hydrogens is 256 g/mol. The van der Waals surface area contributed by atoms with Crippen LogP contribution >= 0.6 is 0 Å². The number of carboxylic acid groups (broad SMARTS) is 1. The van der Waals surface area contributed by atoms with Gasteiger partial charge in [0, 0.05) is 32.4 Å². The number of aromatic carboxylic acids is 1. The Labute approximate surface area is 115 Å². The largest absolute Gasteiger partial charge is 0.478 e. The Kier molecular flexibility index (Phi) is 2.98. The fraction of sp³-hybridized carbons (Fsp3) is 0.214. The van der Waals surface area contributed by atoms with E-state index in [0.717, 1.165) is 24.3 Å². The van der Waals surface area contributed by atoms with Gasteiger partial charge in [0.1, 0.15) is 5.82 Å². The minimum atomic E-state index is -0.936. The third-order valence-electron chi connectivity index (χ3n) is 3.37. The SMILES string of the molecule is Cn1ccnc1CCn1cnc2cc(C(=O)O)ccc21. The predicted molar refractivity (Wildman–Crippen MR) is 73.6 cm³/mol. The molecule has 3 rings (SSSR count). The van der Waals surface area contributed by atoms with Crippen LogP contribution in [0, 0.1) is 0 Å². The van der Waals surface area contributed by atoms with Gasteiger partial charge in [-0.25, -0.2) is 14.8 Å². The molecule has 0 fully saturated rings. The third kappa shape index (κ3) is 2.16. The second-order valence-electron chi connectivity index (χ2n) is 4.65. The van der Waals surface area contributed by atoms with E-state index < -0.39 is 5.97 Å². The van der Waals surface area contributed by atoms with E-state index in [0.29, 0.717) is 5.52 Å². The second-order valence-corrected chi connectivity index (χ2v) is 4.65. The van der Waals surface area contributed by atoms with Crippen LogP contribution in [0.2, 0.25) is 0 Å². The van der Waals surface area contributed by atoms with Crippen LogP contribution in [0.4, 0.5) is 0 Å². The quantitative estimate of drug-likeness (QED) is 0.783. The predicted octanol–water partition coefficient (Wildman–Crippen LogP) is 1.71. The first-order chi connectivity index (χ1) is 9.65. The van der Waals surface area contributed by atoms with Gasteiger partial charge >= 0.3 is 5.97 Å². The van der Waals surface area contributed by atoms with E-state index in [-0.39, 0.29) is 5.56 Å². The molecule has 0 aliphatic rings. The topological polar surface area (TPSA) is 72.9 Å². The first-order valence-corrected chi connectivity index (χ1v) is 6.29. The molecule has 2 heterocycles. The van der Waals surface area contributed by atoms with Crippen molar-refractivity contribution in [3.63, 3.8) is 0 Å². The summed E-state index contributed by atoms with van der Waals surface area (Å²) in [6.45, 7) is 0.758. The third-order valence-corrected chi connectivity index (χ3v) is 3.37. The van der Waals surface area contributed by atoms with Crippen molar-refractivity contribution in [1.82, 2.24) is 19.1 Å². The number of carboxylic acids is 1. The molecule has 0 unspecified atom stereocenters. The number of hydrogen-bond acceptors (Lipinski definition) is 3. The van der Waals surface area contributed by atoms with E-state index in [4.69, 9.17) is 5.11 Å². The summed E-state index contributed by atoms with van der Waals surface area (Å²) in [4.78, 5) is 19.5. The van der Waals surface area contributed by atoms with Gasteiger partial charge in [0.05, 0.1) is 22.9 Å². The summed E-state index contributed by atoms with van der Waals surface area (Å²) in [5.41, 5.74) is 1.89. The van der Waals surface area contributed by atoms with Crippen molar-refractivity contribution in [3.05, 3.63) is 48.3 Å². The van der Waals surface area contributed by atoms with Crippen molar-refractivity contribution < 1.29 is 9.90 Å². The Balaban J connectivity index is 1.85. The van der Waals surface area contributed by atoms with Crippen molar-refractivity contribution in [1.29, 1.82) is 0 Å². The molecule has 0 aliphatic carbocycles. The molecule has 0 bridgehead atoms. The fourth-order valence-electron chi connectivity index (χ4n) is 2.23. The van der Waals surface area contributed by atoms with Gasteiger partial charge in [-0.15, -0.1) is 0 Å². The number of hydrogen-bond donors (Lipinski definition) is 1. The van der Waals surface area contributed by atoms with Crippen LogP contribution in [-0.2, 0) is 20.0 Å². The first-order valence-electron chi connectivity index (χ1n) is 6.29. The summed E-state index contributed by atoms with van der Waals surface area (Å²) in [5, 5.41) is 8.96. The van der Waals surface area contributed by atoms with Gasteiger partial charge in [0.15, 0.2) is 0 Å². The number of aromatic nitrogens is 4. The molecule has 0 spiro atoms. The van der Waals surface area contributed by atoms with Crippen LogP contribution in [0.5, 0.6) is 0 Å². The first kappa shape index (κ1) is 12.4. The molecule has 6 heteroatoms. The van der Waals surface area contributed by atoms with Crippen molar-refractivity contribution >= 4 is 17.0 Å². The fourth-order valence-corrected chi connectivity index (χ4v) is 2.23. The zero-order valence-electron chi connectivity index (χ0n) is 11.0. The average Bonchev–Trinajstić information content (AvgIpc) is 3.02. The van der Waals surface area contributed by atoms with Crippen LogP contribution in [-0.4, -0.2) is 30.2 Å². The number of rotatable bonds is 4. The minimum Gasteiger partial charge on any atom is -0.478 e. The van der Waals surface area contributed by atoms with Crippen molar-refractivity contribution in [2.24, 2.45) is 7.05 Å². The Morgan fingerprint density at radius 2 is 2.20 bits per heavy atom. The lowest BCUT2D eigenvalue weighted by Gasteiger charge is -2.05. The van der Waals surface area contributed by atoms with Crippen molar-refractivity contribution in [2.75, 3.05) is 0 Å². The summed E-state index contributed by atoms with van der Waals surface area (Å²) in [6.07, 6.45) is 6.23. The molecule has 6 nitrogen and oxygen atoms in total. The highest BCUT2D eigenvalue weighted by Crippen LogP contribution is 2.15. The smallest absolute Gasteiger partial charge is 0.335 e. The zero-order valence-corrected chi connectivity index (χ0v) is 11.0. The van der Waals surface area contributed by atoms with Crippen LogP contribution in [0.1, 0.15) is 16.2 Å². The van der Waals surface area contributed by atoms with Crippen LogP contribution in [0.15, 0.2) is 36.9 Å². The molecule has 0 saturated heterocycles. The number of carbonyl (C=O) groups is 1. The van der Waals surface area contributed by atoms with Gasteiger partial charge in [-0.3, -0.25) is 0 Å². The maximum Gasteiger partial charge on any atom is 0.335 e. The number of fused-ring (bicyclic) bond motifs is 1. The summed E-state index contributed by atoms with van der Waals surface area (Å²) in [7, 11) is 1.97. The van der Waals surface area contributed by atoms with Gasteiger partial charge in [-0.2, -0.15) is 0 Å². The van der Waals surface area contributed by atoms with Crippen LogP contribution in [0.25, 0.3) is 11.0 Å². The lowest BCUT2D eigenvalue weighted by atomic mass is 10.2. The van der Waals surface area contributed by atoms with Gasteiger partial charge in [-0.05, 0) is 18.2 Å². The van der Waals surface area contributed by atoms with Gasteiger partial charge < -0.3 is 14.2 Å². The molecule has 1 N–H and O–H groups in total. The summed E-state index contributed by atoms with van der Waals surface area (Å²) < 4.78 is 4.00. The van der Waals surface area contributed by atoms with E-state index >= 15 is 0 Å². The molecule has 0 atom stereocenters. The van der Waals surface area contributed by atoms with E-state index in [2.05, 4.69) is 9.97 Å². The van der Waals surface area contributed by atoms with Crippen molar-refractivity contribution in [3.8, 4) is 0 Å². The average molecular weight is 270 g/mol. The lowest BCUT2D eigenvalue weighted by Crippen LogP contribution is -2.04. The van der Waals surface area contributed by atoms with Crippen LogP contribution in [0.3, 0.4) is 0 Å². The zero-order chi connectivity index (χ0) is 14.1. The lowest BCUT2D eigenvalue weighted by molar-refractivity contribution is 0.0697. The summed E-state index contributed by atoms with van der Waals surface area (Å²) >= 11 is 0. The molecule has 0 amide bonds. The minimum absolute atomic E-state index is 0.256. The normalized spacial score (nSPS) is 11.1. The maximum atomic E-state index is 10.9. The highest BCUT2D eigenvalue weighted by Gasteiger charge is 2.08. The van der Waals surface area contributed by atoms with Crippen LogP contribution < -0.4 is 0 Å². The molecule has 3 aromatic rings. The molecule has 0 saturated carbocycles. The standard InChI is InChI=1S/C14H14N4O2/c1-17-7-5-15-13(17)4-6-18-9-16-11-8-10(14(19)20)2-3-12(11)18/h2-3,5,7-9H,4,6H2,1H3,(H,19,20). The highest BCUT2D eigenvalue weighted by molar-refractivity contribution is 5.92. The molecule has 20 heavy (non-hydrogen) atoms. The number of aryl methyl sites for hydroxylation is 3. The Morgan fingerprint density at radius 3 is 2.90 bits per heavy atom. The van der Waals surface area contributed by atoms with E-state index in [1.54, 1.807) is 30.7 Å². The van der Waals surface area contributed by atoms with Gasteiger partial charge in [-0.1, -0.05) is 0 Å². The summed E-state index contributed by atoms with van der Waals surface area (Å²) in [5.74, 6) is 0.0727. The number of imidazole rings is 2. The Hall–Kier alpha value is -2.63. The van der Waals surface area contributed by atoms with Gasteiger partial charge in [0.25, 0.3) is 0 Å². The maximum absolute atomic E-state index is 10.9. The molecule has 102 valence electrons. The van der Waals surface area contributed by atoms with E-state index in [1.807, 2.05) is 22.4 Å². The second kappa shape index (κ2) is 4.80. The number of nitrogens with zero attached hydrogens (tertiary/aromatic N) is 4. The molecule has 2 aromatic heterocycles.